The minimum atomic E-state index is -0.499. The number of esters is 1. The van der Waals surface area contributed by atoms with E-state index in [2.05, 4.69) is 5.32 Å². The first kappa shape index (κ1) is 15.8. The molecule has 1 aromatic heterocycles. The van der Waals surface area contributed by atoms with Gasteiger partial charge in [-0.15, -0.1) is 0 Å². The molecule has 3 rings (SSSR count). The van der Waals surface area contributed by atoms with Crippen molar-refractivity contribution in [2.75, 3.05) is 5.32 Å². The van der Waals surface area contributed by atoms with Gasteiger partial charge in [-0.3, -0.25) is 4.79 Å². The fourth-order valence-electron chi connectivity index (χ4n) is 1.96. The molecule has 1 amide bonds. The molecule has 120 valence electrons. The monoisotopic (exact) mass is 341 g/mol. The molecule has 5 nitrogen and oxygen atoms in total. The van der Waals surface area contributed by atoms with Gasteiger partial charge in [0.1, 0.15) is 5.75 Å². The Labute approximate surface area is 142 Å². The zero-order valence-electron chi connectivity index (χ0n) is 12.4. The number of benzene rings is 2. The van der Waals surface area contributed by atoms with Crippen LogP contribution >= 0.6 is 11.6 Å². The second kappa shape index (κ2) is 7.02. The van der Waals surface area contributed by atoms with Crippen LogP contribution in [0.15, 0.2) is 71.3 Å². The maximum atomic E-state index is 12.1. The van der Waals surface area contributed by atoms with Gasteiger partial charge in [-0.2, -0.15) is 0 Å². The van der Waals surface area contributed by atoms with Gasteiger partial charge in [0.15, 0.2) is 5.76 Å². The lowest BCUT2D eigenvalue weighted by atomic mass is 10.2. The third-order valence-corrected chi connectivity index (χ3v) is 3.40. The summed E-state index contributed by atoms with van der Waals surface area (Å²) in [5.74, 6) is -0.251. The number of rotatable bonds is 4. The molecule has 3 aromatic rings. The van der Waals surface area contributed by atoms with Gasteiger partial charge >= 0.3 is 5.97 Å². The first-order valence-electron chi connectivity index (χ1n) is 7.04. The van der Waals surface area contributed by atoms with E-state index in [-0.39, 0.29) is 11.7 Å². The number of ether oxygens (including phenoxy) is 1. The average Bonchev–Trinajstić information content (AvgIpc) is 3.12. The molecule has 0 saturated heterocycles. The van der Waals surface area contributed by atoms with E-state index in [9.17, 15) is 9.59 Å². The van der Waals surface area contributed by atoms with E-state index in [1.54, 1.807) is 60.7 Å². The lowest BCUT2D eigenvalue weighted by molar-refractivity contribution is 0.0734. The van der Waals surface area contributed by atoms with Crippen molar-refractivity contribution in [3.63, 3.8) is 0 Å². The Kier molecular flexibility index (Phi) is 4.63. The van der Waals surface area contributed by atoms with E-state index in [0.717, 1.165) is 0 Å². The van der Waals surface area contributed by atoms with Crippen LogP contribution in [-0.4, -0.2) is 11.9 Å². The SMILES string of the molecule is O=C(Oc1ccc(Cl)cc1)c1ccc(NC(=O)c2ccco2)cc1. The minimum absolute atomic E-state index is 0.209. The number of halogens is 1. The van der Waals surface area contributed by atoms with Crippen LogP contribution in [0, 0.1) is 0 Å². The van der Waals surface area contributed by atoms with Crippen molar-refractivity contribution in [2.45, 2.75) is 0 Å². The van der Waals surface area contributed by atoms with Crippen molar-refractivity contribution < 1.29 is 18.7 Å². The molecule has 1 heterocycles. The van der Waals surface area contributed by atoms with Crippen molar-refractivity contribution in [1.82, 2.24) is 0 Å². The number of nitrogens with one attached hydrogen (secondary N) is 1. The molecular formula is C18H12ClNO4. The standard InChI is InChI=1S/C18H12ClNO4/c19-13-5-9-15(10-6-13)24-18(22)12-3-7-14(8-4-12)20-17(21)16-2-1-11-23-16/h1-11H,(H,20,21). The Morgan fingerprint density at radius 3 is 2.29 bits per heavy atom. The Hall–Kier alpha value is -3.05. The van der Waals surface area contributed by atoms with Gasteiger partial charge in [0.25, 0.3) is 5.91 Å². The molecule has 2 aromatic carbocycles. The Morgan fingerprint density at radius 1 is 0.958 bits per heavy atom. The molecule has 0 spiro atoms. The van der Waals surface area contributed by atoms with Crippen LogP contribution in [0.1, 0.15) is 20.9 Å². The molecule has 0 aliphatic carbocycles. The van der Waals surface area contributed by atoms with Crippen LogP contribution < -0.4 is 10.1 Å². The summed E-state index contributed by atoms with van der Waals surface area (Å²) in [6.45, 7) is 0. The van der Waals surface area contributed by atoms with E-state index in [1.807, 2.05) is 0 Å². The zero-order chi connectivity index (χ0) is 16.9. The van der Waals surface area contributed by atoms with Crippen LogP contribution in [0.25, 0.3) is 0 Å². The summed E-state index contributed by atoms with van der Waals surface area (Å²) in [5, 5.41) is 3.23. The predicted molar refractivity (Wildman–Crippen MR) is 89.5 cm³/mol. The topological polar surface area (TPSA) is 68.5 Å². The van der Waals surface area contributed by atoms with E-state index in [1.165, 1.54) is 6.26 Å². The third kappa shape index (κ3) is 3.83. The average molecular weight is 342 g/mol. The summed E-state index contributed by atoms with van der Waals surface area (Å²) in [4.78, 5) is 23.9. The third-order valence-electron chi connectivity index (χ3n) is 3.15. The van der Waals surface area contributed by atoms with E-state index >= 15 is 0 Å². The summed E-state index contributed by atoms with van der Waals surface area (Å²) < 4.78 is 10.2. The van der Waals surface area contributed by atoms with Crippen molar-refractivity contribution in [3.8, 4) is 5.75 Å². The molecule has 6 heteroatoms. The minimum Gasteiger partial charge on any atom is -0.459 e. The molecule has 0 aliphatic heterocycles. The zero-order valence-corrected chi connectivity index (χ0v) is 13.1. The summed E-state index contributed by atoms with van der Waals surface area (Å²) >= 11 is 5.78. The second-order valence-electron chi connectivity index (χ2n) is 4.85. The van der Waals surface area contributed by atoms with E-state index < -0.39 is 5.97 Å². The lowest BCUT2D eigenvalue weighted by Crippen LogP contribution is -2.12. The van der Waals surface area contributed by atoms with Crippen LogP contribution in [0.4, 0.5) is 5.69 Å². The number of carbonyl (C=O) groups excluding carboxylic acids is 2. The maximum Gasteiger partial charge on any atom is 0.343 e. The number of carbonyl (C=O) groups is 2. The normalized spacial score (nSPS) is 10.2. The number of hydrogen-bond acceptors (Lipinski definition) is 4. The number of amides is 1. The second-order valence-corrected chi connectivity index (χ2v) is 5.29. The fraction of sp³-hybridized carbons (Fsp3) is 0. The van der Waals surface area contributed by atoms with Gasteiger partial charge in [0.05, 0.1) is 11.8 Å². The van der Waals surface area contributed by atoms with Gasteiger partial charge in [-0.25, -0.2) is 4.79 Å². The summed E-state index contributed by atoms with van der Waals surface area (Å²) in [6, 6.07) is 16.0. The maximum absolute atomic E-state index is 12.1. The molecule has 0 saturated carbocycles. The number of hydrogen-bond donors (Lipinski definition) is 1. The van der Waals surface area contributed by atoms with Crippen LogP contribution in [0.3, 0.4) is 0 Å². The molecular weight excluding hydrogens is 330 g/mol. The van der Waals surface area contributed by atoms with Crippen molar-refractivity contribution in [2.24, 2.45) is 0 Å². The van der Waals surface area contributed by atoms with Gasteiger partial charge in [-0.1, -0.05) is 11.6 Å². The van der Waals surface area contributed by atoms with Gasteiger partial charge in [0.2, 0.25) is 0 Å². The quantitative estimate of drug-likeness (QED) is 0.564. The van der Waals surface area contributed by atoms with Crippen molar-refractivity contribution in [1.29, 1.82) is 0 Å². The van der Waals surface area contributed by atoms with Crippen molar-refractivity contribution >= 4 is 29.2 Å². The smallest absolute Gasteiger partial charge is 0.343 e. The molecule has 0 bridgehead atoms. The number of anilines is 1. The molecule has 0 unspecified atom stereocenters. The highest BCUT2D eigenvalue weighted by molar-refractivity contribution is 6.30. The Bertz CT molecular complexity index is 840. The van der Waals surface area contributed by atoms with Crippen LogP contribution in [0.2, 0.25) is 5.02 Å². The Morgan fingerprint density at radius 2 is 1.67 bits per heavy atom. The number of furan rings is 1. The van der Waals surface area contributed by atoms with Gasteiger partial charge in [0, 0.05) is 10.7 Å². The van der Waals surface area contributed by atoms with Gasteiger partial charge in [-0.05, 0) is 60.7 Å². The van der Waals surface area contributed by atoms with E-state index in [0.29, 0.717) is 22.0 Å². The highest BCUT2D eigenvalue weighted by Crippen LogP contribution is 2.18. The summed E-state index contributed by atoms with van der Waals surface area (Å²) in [6.07, 6.45) is 1.42. The van der Waals surface area contributed by atoms with E-state index in [4.69, 9.17) is 20.8 Å². The largest absolute Gasteiger partial charge is 0.459 e. The van der Waals surface area contributed by atoms with Crippen LogP contribution in [-0.2, 0) is 0 Å². The first-order chi connectivity index (χ1) is 11.6. The first-order valence-corrected chi connectivity index (χ1v) is 7.42. The summed E-state index contributed by atoms with van der Waals surface area (Å²) in [7, 11) is 0. The molecule has 24 heavy (non-hydrogen) atoms. The highest BCUT2D eigenvalue weighted by atomic mass is 35.5. The van der Waals surface area contributed by atoms with Crippen LogP contribution in [0.5, 0.6) is 5.75 Å². The highest BCUT2D eigenvalue weighted by Gasteiger charge is 2.11. The molecule has 0 atom stereocenters. The molecule has 1 N–H and O–H groups in total. The lowest BCUT2D eigenvalue weighted by Gasteiger charge is -2.06. The van der Waals surface area contributed by atoms with Crippen molar-refractivity contribution in [3.05, 3.63) is 83.3 Å². The summed E-state index contributed by atoms with van der Waals surface area (Å²) in [5.41, 5.74) is 0.903. The predicted octanol–water partition coefficient (Wildman–Crippen LogP) is 4.40. The molecule has 0 radical (unpaired) electrons. The fourth-order valence-corrected chi connectivity index (χ4v) is 2.08. The Balaban J connectivity index is 1.64. The molecule has 0 fully saturated rings. The van der Waals surface area contributed by atoms with Gasteiger partial charge < -0.3 is 14.5 Å². The molecule has 0 aliphatic rings.